The summed E-state index contributed by atoms with van der Waals surface area (Å²) in [5.74, 6) is 0.554. The minimum atomic E-state index is -0.190. The summed E-state index contributed by atoms with van der Waals surface area (Å²) in [6.45, 7) is 6.35. The second kappa shape index (κ2) is 5.50. The zero-order valence-electron chi connectivity index (χ0n) is 9.50. The van der Waals surface area contributed by atoms with Crippen molar-refractivity contribution in [3.05, 3.63) is 35.6 Å². The van der Waals surface area contributed by atoms with Gasteiger partial charge in [-0.3, -0.25) is 0 Å². The van der Waals surface area contributed by atoms with Gasteiger partial charge in [-0.2, -0.15) is 0 Å². The Morgan fingerprint density at radius 2 is 1.73 bits per heavy atom. The summed E-state index contributed by atoms with van der Waals surface area (Å²) in [5, 5.41) is 0.112. The van der Waals surface area contributed by atoms with Crippen molar-refractivity contribution < 1.29 is 4.39 Å². The Labute approximate surface area is 96.5 Å². The topological polar surface area (TPSA) is 0 Å². The van der Waals surface area contributed by atoms with Crippen molar-refractivity contribution in [3.63, 3.8) is 0 Å². The third-order valence-corrected chi connectivity index (χ3v) is 3.57. The highest BCUT2D eigenvalue weighted by Gasteiger charge is 2.22. The maximum Gasteiger partial charge on any atom is 0.123 e. The standard InChI is InChI=1S/C13H18ClF/c1-4-12(13(14)9(2)3)10-5-7-11(15)8-6-10/h5-9,12-13H,4H2,1-3H3. The molecule has 0 saturated heterocycles. The van der Waals surface area contributed by atoms with Crippen molar-refractivity contribution >= 4 is 11.6 Å². The van der Waals surface area contributed by atoms with Gasteiger partial charge in [0.25, 0.3) is 0 Å². The van der Waals surface area contributed by atoms with Crippen LogP contribution in [-0.4, -0.2) is 5.38 Å². The molecule has 0 fully saturated rings. The van der Waals surface area contributed by atoms with Crippen molar-refractivity contribution in [2.75, 3.05) is 0 Å². The molecule has 1 aromatic carbocycles. The number of hydrogen-bond acceptors (Lipinski definition) is 0. The van der Waals surface area contributed by atoms with E-state index in [1.165, 1.54) is 12.1 Å². The lowest BCUT2D eigenvalue weighted by molar-refractivity contribution is 0.498. The van der Waals surface area contributed by atoms with Crippen LogP contribution in [0.3, 0.4) is 0 Å². The molecule has 0 heterocycles. The third-order valence-electron chi connectivity index (χ3n) is 2.76. The van der Waals surface area contributed by atoms with Crippen molar-refractivity contribution in [2.24, 2.45) is 5.92 Å². The number of hydrogen-bond donors (Lipinski definition) is 0. The molecule has 2 unspecified atom stereocenters. The number of alkyl halides is 1. The maximum atomic E-state index is 12.8. The fourth-order valence-electron chi connectivity index (χ4n) is 1.82. The summed E-state index contributed by atoms with van der Waals surface area (Å²) in [5.41, 5.74) is 1.13. The van der Waals surface area contributed by atoms with Crippen LogP contribution in [0, 0.1) is 11.7 Å². The van der Waals surface area contributed by atoms with Crippen LogP contribution >= 0.6 is 11.6 Å². The first-order valence-electron chi connectivity index (χ1n) is 5.45. The Balaban J connectivity index is 2.87. The Hall–Kier alpha value is -0.560. The van der Waals surface area contributed by atoms with E-state index in [-0.39, 0.29) is 11.2 Å². The van der Waals surface area contributed by atoms with Crippen molar-refractivity contribution in [1.29, 1.82) is 0 Å². The lowest BCUT2D eigenvalue weighted by Gasteiger charge is -2.24. The molecule has 15 heavy (non-hydrogen) atoms. The molecule has 0 saturated carbocycles. The van der Waals surface area contributed by atoms with Crippen LogP contribution < -0.4 is 0 Å². The highest BCUT2D eigenvalue weighted by atomic mass is 35.5. The summed E-state index contributed by atoms with van der Waals surface area (Å²) in [4.78, 5) is 0. The van der Waals surface area contributed by atoms with Crippen molar-refractivity contribution in [3.8, 4) is 0 Å². The molecule has 0 bridgehead atoms. The summed E-state index contributed by atoms with van der Waals surface area (Å²) in [6.07, 6.45) is 0.984. The molecule has 0 amide bonds. The SMILES string of the molecule is CCC(c1ccc(F)cc1)C(Cl)C(C)C. The molecular formula is C13H18ClF. The quantitative estimate of drug-likeness (QED) is 0.662. The minimum Gasteiger partial charge on any atom is -0.207 e. The van der Waals surface area contributed by atoms with E-state index in [4.69, 9.17) is 11.6 Å². The zero-order chi connectivity index (χ0) is 11.4. The van der Waals surface area contributed by atoms with Gasteiger partial charge in [-0.1, -0.05) is 32.9 Å². The van der Waals surface area contributed by atoms with Gasteiger partial charge in [0.2, 0.25) is 0 Å². The summed E-state index contributed by atoms with van der Waals surface area (Å²) in [6, 6.07) is 6.67. The Morgan fingerprint density at radius 1 is 1.20 bits per heavy atom. The molecule has 0 N–H and O–H groups in total. The molecule has 0 radical (unpaired) electrons. The molecule has 1 aromatic rings. The lowest BCUT2D eigenvalue weighted by atomic mass is 9.88. The van der Waals surface area contributed by atoms with Gasteiger partial charge in [0.15, 0.2) is 0 Å². The van der Waals surface area contributed by atoms with E-state index in [0.717, 1.165) is 12.0 Å². The van der Waals surface area contributed by atoms with E-state index in [1.807, 2.05) is 12.1 Å². The van der Waals surface area contributed by atoms with Crippen LogP contribution in [0.5, 0.6) is 0 Å². The van der Waals surface area contributed by atoms with Crippen LogP contribution in [0.4, 0.5) is 4.39 Å². The van der Waals surface area contributed by atoms with Gasteiger partial charge < -0.3 is 0 Å². The number of rotatable bonds is 4. The van der Waals surface area contributed by atoms with Crippen LogP contribution in [0.15, 0.2) is 24.3 Å². The van der Waals surface area contributed by atoms with Gasteiger partial charge >= 0.3 is 0 Å². The molecule has 2 heteroatoms. The van der Waals surface area contributed by atoms with Gasteiger partial charge in [-0.05, 0) is 30.0 Å². The molecule has 84 valence electrons. The second-order valence-corrected chi connectivity index (χ2v) is 4.76. The summed E-state index contributed by atoms with van der Waals surface area (Å²) in [7, 11) is 0. The molecular weight excluding hydrogens is 211 g/mol. The number of halogens is 2. The molecule has 0 aliphatic carbocycles. The van der Waals surface area contributed by atoms with Crippen LogP contribution in [0.2, 0.25) is 0 Å². The second-order valence-electron chi connectivity index (χ2n) is 4.25. The Kier molecular flexibility index (Phi) is 4.59. The minimum absolute atomic E-state index is 0.112. The summed E-state index contributed by atoms with van der Waals surface area (Å²) >= 11 is 6.36. The van der Waals surface area contributed by atoms with Gasteiger partial charge in [0.1, 0.15) is 5.82 Å². The number of benzene rings is 1. The zero-order valence-corrected chi connectivity index (χ0v) is 10.3. The van der Waals surface area contributed by atoms with E-state index in [2.05, 4.69) is 20.8 Å². The molecule has 1 rings (SSSR count). The van der Waals surface area contributed by atoms with Crippen molar-refractivity contribution in [2.45, 2.75) is 38.5 Å². The first kappa shape index (κ1) is 12.5. The van der Waals surface area contributed by atoms with Crippen LogP contribution in [-0.2, 0) is 0 Å². The Morgan fingerprint density at radius 3 is 2.13 bits per heavy atom. The maximum absolute atomic E-state index is 12.8. The van der Waals surface area contributed by atoms with Gasteiger partial charge in [-0.15, -0.1) is 11.6 Å². The molecule has 0 aliphatic rings. The average molecular weight is 229 g/mol. The highest BCUT2D eigenvalue weighted by Crippen LogP contribution is 2.31. The molecule has 0 aliphatic heterocycles. The van der Waals surface area contributed by atoms with Crippen molar-refractivity contribution in [1.82, 2.24) is 0 Å². The first-order chi connectivity index (χ1) is 7.06. The fraction of sp³-hybridized carbons (Fsp3) is 0.538. The fourth-order valence-corrected chi connectivity index (χ4v) is 2.14. The lowest BCUT2D eigenvalue weighted by Crippen LogP contribution is -2.18. The van der Waals surface area contributed by atoms with E-state index in [0.29, 0.717) is 11.8 Å². The Bertz CT molecular complexity index is 292. The average Bonchev–Trinajstić information content (AvgIpc) is 2.21. The smallest absolute Gasteiger partial charge is 0.123 e. The van der Waals surface area contributed by atoms with E-state index < -0.39 is 0 Å². The van der Waals surface area contributed by atoms with Crippen LogP contribution in [0.25, 0.3) is 0 Å². The first-order valence-corrected chi connectivity index (χ1v) is 5.89. The largest absolute Gasteiger partial charge is 0.207 e. The van der Waals surface area contributed by atoms with Gasteiger partial charge in [0, 0.05) is 11.3 Å². The normalized spacial score (nSPS) is 15.3. The summed E-state index contributed by atoms with van der Waals surface area (Å²) < 4.78 is 12.8. The van der Waals surface area contributed by atoms with Crippen LogP contribution in [0.1, 0.15) is 38.7 Å². The predicted molar refractivity (Wildman–Crippen MR) is 63.9 cm³/mol. The van der Waals surface area contributed by atoms with E-state index in [1.54, 1.807) is 0 Å². The third kappa shape index (κ3) is 3.20. The molecule has 0 nitrogen and oxygen atoms in total. The van der Waals surface area contributed by atoms with E-state index in [9.17, 15) is 4.39 Å². The van der Waals surface area contributed by atoms with E-state index >= 15 is 0 Å². The molecule has 0 aromatic heterocycles. The predicted octanol–water partition coefficient (Wildman–Crippen LogP) is 4.58. The monoisotopic (exact) mass is 228 g/mol. The molecule has 2 atom stereocenters. The van der Waals surface area contributed by atoms with Gasteiger partial charge in [-0.25, -0.2) is 4.39 Å². The highest BCUT2D eigenvalue weighted by molar-refractivity contribution is 6.21. The van der Waals surface area contributed by atoms with Gasteiger partial charge in [0.05, 0.1) is 0 Å². The molecule has 0 spiro atoms.